The van der Waals surface area contributed by atoms with Crippen molar-refractivity contribution in [3.05, 3.63) is 41.5 Å². The highest BCUT2D eigenvalue weighted by atomic mass is 16.5. The average Bonchev–Trinajstić information content (AvgIpc) is 2.96. The van der Waals surface area contributed by atoms with E-state index in [2.05, 4.69) is 54.5 Å². The molecular formula is C38H52O6. The number of carboxylic acids is 1. The summed E-state index contributed by atoms with van der Waals surface area (Å²) in [5.41, 5.74) is 0.317. The van der Waals surface area contributed by atoms with Crippen LogP contribution in [0.25, 0.3) is 0 Å². The minimum Gasteiger partial charge on any atom is -0.489 e. The molecule has 0 heterocycles. The highest BCUT2D eigenvalue weighted by Crippen LogP contribution is 2.75. The van der Waals surface area contributed by atoms with E-state index in [1.165, 1.54) is 12.7 Å². The molecule has 5 aliphatic rings. The van der Waals surface area contributed by atoms with Gasteiger partial charge in [0.05, 0.1) is 12.5 Å². The van der Waals surface area contributed by atoms with Gasteiger partial charge >= 0.3 is 11.9 Å². The first-order chi connectivity index (χ1) is 20.5. The van der Waals surface area contributed by atoms with Gasteiger partial charge in [0.2, 0.25) is 0 Å². The number of hydrogen-bond donors (Lipinski definition) is 1. The normalized spacial score (nSPS) is 44.2. The lowest BCUT2D eigenvalue weighted by molar-refractivity contribution is -0.199. The van der Waals surface area contributed by atoms with Crippen LogP contribution in [0.5, 0.6) is 5.75 Å². The lowest BCUT2D eigenvalue weighted by Gasteiger charge is -2.70. The number of benzene rings is 1. The number of carboxylic acid groups (broad SMARTS) is 1. The van der Waals surface area contributed by atoms with E-state index < -0.39 is 11.4 Å². The zero-order valence-electron chi connectivity index (χ0n) is 28.0. The number of carbonyl (C=O) groups excluding carboxylic acids is 2. The number of para-hydroxylation sites is 1. The molecule has 5 aliphatic carbocycles. The zero-order valence-corrected chi connectivity index (χ0v) is 28.0. The van der Waals surface area contributed by atoms with E-state index in [0.29, 0.717) is 5.75 Å². The van der Waals surface area contributed by atoms with Gasteiger partial charge in [-0.25, -0.2) is 4.79 Å². The summed E-state index contributed by atoms with van der Waals surface area (Å²) in [5, 5.41) is 9.77. The van der Waals surface area contributed by atoms with Crippen LogP contribution in [0.15, 0.2) is 35.9 Å². The molecule has 0 radical (unpaired) electrons. The first kappa shape index (κ1) is 31.4. The van der Waals surface area contributed by atoms with Crippen LogP contribution in [0.2, 0.25) is 0 Å². The first-order valence-corrected chi connectivity index (χ1v) is 16.8. The maximum atomic E-state index is 14.7. The summed E-state index contributed by atoms with van der Waals surface area (Å²) in [5.74, 6) is -0.0443. The molecule has 6 nitrogen and oxygen atoms in total. The van der Waals surface area contributed by atoms with Gasteiger partial charge in [-0.3, -0.25) is 9.59 Å². The zero-order chi connectivity index (χ0) is 32.1. The largest absolute Gasteiger partial charge is 0.489 e. The van der Waals surface area contributed by atoms with E-state index in [0.717, 1.165) is 57.8 Å². The molecule has 4 saturated carbocycles. The number of ether oxygens (including phenoxy) is 2. The summed E-state index contributed by atoms with van der Waals surface area (Å²) in [4.78, 5) is 39.6. The number of aromatic carboxylic acids is 1. The van der Waals surface area contributed by atoms with Gasteiger partial charge < -0.3 is 14.6 Å². The van der Waals surface area contributed by atoms with Crippen LogP contribution in [-0.2, 0) is 14.3 Å². The molecule has 6 heteroatoms. The number of ketones is 1. The van der Waals surface area contributed by atoms with Crippen molar-refractivity contribution in [3.8, 4) is 5.75 Å². The van der Waals surface area contributed by atoms with Gasteiger partial charge in [0.15, 0.2) is 5.78 Å². The second kappa shape index (κ2) is 9.93. The number of carbonyl (C=O) groups is 3. The average molecular weight is 605 g/mol. The third-order valence-corrected chi connectivity index (χ3v) is 14.6. The minimum absolute atomic E-state index is 0.0889. The maximum Gasteiger partial charge on any atom is 0.339 e. The Morgan fingerprint density at radius 2 is 1.57 bits per heavy atom. The monoisotopic (exact) mass is 604 g/mol. The van der Waals surface area contributed by atoms with Gasteiger partial charge in [-0.15, -0.1) is 0 Å². The molecular weight excluding hydrogens is 552 g/mol. The summed E-state index contributed by atoms with van der Waals surface area (Å²) in [6, 6.07) is 6.92. The van der Waals surface area contributed by atoms with Crippen LogP contribution >= 0.6 is 0 Å². The van der Waals surface area contributed by atoms with Gasteiger partial charge in [-0.05, 0) is 116 Å². The summed E-state index contributed by atoms with van der Waals surface area (Å²) in [6.07, 6.45) is 10.3. The van der Waals surface area contributed by atoms with Gasteiger partial charge in [-0.1, -0.05) is 59.2 Å². The summed E-state index contributed by atoms with van der Waals surface area (Å²) >= 11 is 0. The highest BCUT2D eigenvalue weighted by molar-refractivity contribution is 5.96. The molecule has 240 valence electrons. The third-order valence-electron chi connectivity index (χ3n) is 14.6. The van der Waals surface area contributed by atoms with E-state index >= 15 is 0 Å². The van der Waals surface area contributed by atoms with Crippen molar-refractivity contribution in [2.75, 3.05) is 7.11 Å². The second-order valence-electron chi connectivity index (χ2n) is 17.0. The SMILES string of the molecule is COC(=O)[C@@]1(C)CC[C@]2(C)CC[C@]3(C)C(=CC(=O)[C@@H]4[C@@]5(C)CC[C@H](Oc6ccccc6C(=O)O)C(C)(C)[C@@H]5CC[C@]43C)[C@H]2C1. The van der Waals surface area contributed by atoms with E-state index in [1.807, 2.05) is 6.07 Å². The molecule has 0 amide bonds. The van der Waals surface area contributed by atoms with Crippen molar-refractivity contribution in [3.63, 3.8) is 0 Å². The Balaban J connectivity index is 1.36. The second-order valence-corrected chi connectivity index (χ2v) is 17.0. The Morgan fingerprint density at radius 1 is 0.886 bits per heavy atom. The van der Waals surface area contributed by atoms with Crippen molar-refractivity contribution in [1.29, 1.82) is 0 Å². The molecule has 9 atom stereocenters. The third kappa shape index (κ3) is 4.14. The molecule has 1 aromatic rings. The molecule has 1 aromatic carbocycles. The van der Waals surface area contributed by atoms with Crippen LogP contribution in [0.1, 0.15) is 117 Å². The first-order valence-electron chi connectivity index (χ1n) is 16.8. The topological polar surface area (TPSA) is 89.9 Å². The molecule has 0 aromatic heterocycles. The fourth-order valence-corrected chi connectivity index (χ4v) is 11.7. The molecule has 0 aliphatic heterocycles. The van der Waals surface area contributed by atoms with Crippen molar-refractivity contribution < 1.29 is 29.0 Å². The predicted molar refractivity (Wildman–Crippen MR) is 169 cm³/mol. The van der Waals surface area contributed by atoms with Gasteiger partial charge in [0.25, 0.3) is 0 Å². The van der Waals surface area contributed by atoms with Crippen molar-refractivity contribution in [1.82, 2.24) is 0 Å². The van der Waals surface area contributed by atoms with E-state index in [9.17, 15) is 19.5 Å². The van der Waals surface area contributed by atoms with E-state index in [4.69, 9.17) is 9.47 Å². The standard InChI is InChI=1S/C38H52O6/c1-33(2)28-13-16-38(7)30(36(28,5)15-14-29(33)44-27-12-10-9-11-23(27)31(40)41)26(39)21-24-25-22-35(4,32(42)43-8)18-17-34(25,3)19-20-37(24,38)6/h9-12,21,25,28-30H,13-20,22H2,1-8H3,(H,40,41)/t25-,28+,29+,30-,34-,35+,36+,37-,38-/m1/s1. The van der Waals surface area contributed by atoms with Gasteiger partial charge in [0, 0.05) is 11.3 Å². The quantitative estimate of drug-likeness (QED) is 0.348. The van der Waals surface area contributed by atoms with Crippen LogP contribution in [-0.4, -0.2) is 36.0 Å². The predicted octanol–water partition coefficient (Wildman–Crippen LogP) is 8.29. The van der Waals surface area contributed by atoms with Crippen LogP contribution in [0.3, 0.4) is 0 Å². The Hall–Kier alpha value is -2.63. The molecule has 0 unspecified atom stereocenters. The molecule has 4 fully saturated rings. The van der Waals surface area contributed by atoms with Gasteiger partial charge in [0.1, 0.15) is 17.4 Å². The molecule has 1 N–H and O–H groups in total. The number of fused-ring (bicyclic) bond motifs is 7. The highest BCUT2D eigenvalue weighted by Gasteiger charge is 2.70. The summed E-state index contributed by atoms with van der Waals surface area (Å²) < 4.78 is 11.8. The Bertz CT molecular complexity index is 1430. The Morgan fingerprint density at radius 3 is 2.25 bits per heavy atom. The number of methoxy groups -OCH3 is 1. The van der Waals surface area contributed by atoms with Crippen LogP contribution in [0, 0.1) is 50.2 Å². The number of esters is 1. The minimum atomic E-state index is -0.982. The molecule has 0 spiro atoms. The molecule has 0 saturated heterocycles. The lowest BCUT2D eigenvalue weighted by atomic mass is 9.33. The Kier molecular flexibility index (Phi) is 7.08. The van der Waals surface area contributed by atoms with E-state index in [1.54, 1.807) is 18.2 Å². The van der Waals surface area contributed by atoms with Crippen LogP contribution < -0.4 is 4.74 Å². The number of hydrogen-bond acceptors (Lipinski definition) is 5. The molecule has 6 rings (SSSR count). The maximum absolute atomic E-state index is 14.7. The fourth-order valence-electron chi connectivity index (χ4n) is 11.7. The molecule has 0 bridgehead atoms. The Labute approximate surface area is 263 Å². The van der Waals surface area contributed by atoms with Crippen molar-refractivity contribution >= 4 is 17.7 Å². The fraction of sp³-hybridized carbons (Fsp3) is 0.711. The molecule has 44 heavy (non-hydrogen) atoms. The van der Waals surface area contributed by atoms with Crippen molar-refractivity contribution in [2.45, 2.75) is 112 Å². The number of rotatable bonds is 4. The van der Waals surface area contributed by atoms with Gasteiger partial charge in [-0.2, -0.15) is 0 Å². The van der Waals surface area contributed by atoms with E-state index in [-0.39, 0.29) is 68.2 Å². The lowest BCUT2D eigenvalue weighted by Crippen LogP contribution is -2.67. The van der Waals surface area contributed by atoms with Crippen molar-refractivity contribution in [2.24, 2.45) is 50.2 Å². The summed E-state index contributed by atoms with van der Waals surface area (Å²) in [6.45, 7) is 16.2. The summed E-state index contributed by atoms with van der Waals surface area (Å²) in [7, 11) is 1.49. The number of allylic oxidation sites excluding steroid dienone is 2. The smallest absolute Gasteiger partial charge is 0.339 e. The van der Waals surface area contributed by atoms with Crippen LogP contribution in [0.4, 0.5) is 0 Å².